The number of Topliss-reactive ketones (excluding diaryl/α,β-unsaturated/α-hetero) is 1. The lowest BCUT2D eigenvalue weighted by molar-refractivity contribution is -0.122. The van der Waals surface area contributed by atoms with Crippen molar-refractivity contribution in [2.75, 3.05) is 11.9 Å². The maximum absolute atomic E-state index is 12.8. The minimum atomic E-state index is -0.641. The molecule has 0 fully saturated rings. The van der Waals surface area contributed by atoms with E-state index in [1.807, 2.05) is 73.7 Å². The first-order chi connectivity index (χ1) is 12.5. The van der Waals surface area contributed by atoms with Gasteiger partial charge in [-0.1, -0.05) is 54.6 Å². The molecule has 3 heteroatoms. The van der Waals surface area contributed by atoms with Crippen molar-refractivity contribution in [3.05, 3.63) is 77.9 Å². The molecule has 0 bridgehead atoms. The molecule has 0 aliphatic carbocycles. The molecular formula is C23H21NO2. The van der Waals surface area contributed by atoms with Gasteiger partial charge in [0.1, 0.15) is 0 Å². The minimum Gasteiger partial charge on any atom is -0.314 e. The lowest BCUT2D eigenvalue weighted by Crippen LogP contribution is -2.36. The van der Waals surface area contributed by atoms with E-state index in [0.717, 1.165) is 22.0 Å². The van der Waals surface area contributed by atoms with Crippen LogP contribution in [-0.2, 0) is 10.2 Å². The van der Waals surface area contributed by atoms with Gasteiger partial charge in [-0.15, -0.1) is 0 Å². The molecule has 3 aromatic carbocycles. The summed E-state index contributed by atoms with van der Waals surface area (Å²) in [5, 5.41) is 2.18. The summed E-state index contributed by atoms with van der Waals surface area (Å²) >= 11 is 0. The number of rotatable bonds is 4. The van der Waals surface area contributed by atoms with Crippen LogP contribution in [-0.4, -0.2) is 18.7 Å². The Morgan fingerprint density at radius 1 is 0.962 bits per heavy atom. The number of fused-ring (bicyclic) bond motifs is 2. The number of carbonyl (C=O) groups is 2. The Hall–Kier alpha value is -2.94. The summed E-state index contributed by atoms with van der Waals surface area (Å²) in [7, 11) is 1.80. The number of benzene rings is 3. The fourth-order valence-corrected chi connectivity index (χ4v) is 3.94. The zero-order valence-electron chi connectivity index (χ0n) is 15.0. The number of carbonyl (C=O) groups excluding carboxylic acids is 2. The monoisotopic (exact) mass is 343 g/mol. The number of likely N-dealkylation sites (N-methyl/N-ethyl adjacent to an activating group) is 1. The number of anilines is 1. The van der Waals surface area contributed by atoms with Crippen LogP contribution < -0.4 is 4.90 Å². The van der Waals surface area contributed by atoms with Gasteiger partial charge in [-0.05, 0) is 41.8 Å². The number of amides is 1. The largest absolute Gasteiger partial charge is 0.314 e. The third-order valence-corrected chi connectivity index (χ3v) is 5.56. The lowest BCUT2D eigenvalue weighted by atomic mass is 9.78. The van der Waals surface area contributed by atoms with Crippen molar-refractivity contribution >= 4 is 28.2 Å². The summed E-state index contributed by atoms with van der Waals surface area (Å²) in [4.78, 5) is 27.3. The molecule has 0 aromatic heterocycles. The minimum absolute atomic E-state index is 0.0602. The average Bonchev–Trinajstić information content (AvgIpc) is 2.88. The summed E-state index contributed by atoms with van der Waals surface area (Å²) < 4.78 is 0. The molecule has 1 unspecified atom stereocenters. The fraction of sp³-hybridized carbons (Fsp3) is 0.217. The van der Waals surface area contributed by atoms with E-state index in [9.17, 15) is 9.59 Å². The maximum atomic E-state index is 12.8. The molecule has 3 aromatic rings. The zero-order valence-corrected chi connectivity index (χ0v) is 15.0. The first-order valence-electron chi connectivity index (χ1n) is 8.90. The molecule has 0 spiro atoms. The SMILES string of the molecule is CN1C(=O)C(C)(CCC(=O)c2ccc3ccccc3c2)c2ccccc21. The van der Waals surface area contributed by atoms with E-state index in [1.165, 1.54) is 0 Å². The Bertz CT molecular complexity index is 1020. The molecule has 1 amide bonds. The van der Waals surface area contributed by atoms with Crippen LogP contribution in [0.5, 0.6) is 0 Å². The van der Waals surface area contributed by atoms with E-state index in [1.54, 1.807) is 11.9 Å². The predicted octanol–water partition coefficient (Wildman–Crippen LogP) is 4.74. The Balaban J connectivity index is 1.58. The Morgan fingerprint density at radius 2 is 1.65 bits per heavy atom. The summed E-state index contributed by atoms with van der Waals surface area (Å²) in [5.74, 6) is 0.141. The van der Waals surface area contributed by atoms with E-state index < -0.39 is 5.41 Å². The Kier molecular flexibility index (Phi) is 3.87. The summed E-state index contributed by atoms with van der Waals surface area (Å²) in [5.41, 5.74) is 2.02. The van der Waals surface area contributed by atoms with E-state index in [0.29, 0.717) is 18.4 Å². The highest BCUT2D eigenvalue weighted by molar-refractivity contribution is 6.08. The van der Waals surface area contributed by atoms with Gasteiger partial charge >= 0.3 is 0 Å². The van der Waals surface area contributed by atoms with E-state index in [4.69, 9.17) is 0 Å². The van der Waals surface area contributed by atoms with Gasteiger partial charge in [-0.25, -0.2) is 0 Å². The second kappa shape index (κ2) is 6.10. The molecule has 0 radical (unpaired) electrons. The van der Waals surface area contributed by atoms with Gasteiger partial charge in [0.05, 0.1) is 5.41 Å². The van der Waals surface area contributed by atoms with Crippen molar-refractivity contribution in [1.82, 2.24) is 0 Å². The molecule has 4 rings (SSSR count). The summed E-state index contributed by atoms with van der Waals surface area (Å²) in [6, 6.07) is 21.7. The Morgan fingerprint density at radius 3 is 2.46 bits per heavy atom. The highest BCUT2D eigenvalue weighted by Gasteiger charge is 2.45. The van der Waals surface area contributed by atoms with Crippen LogP contribution in [0.25, 0.3) is 10.8 Å². The van der Waals surface area contributed by atoms with Crippen LogP contribution in [0.15, 0.2) is 66.7 Å². The number of ketones is 1. The van der Waals surface area contributed by atoms with Crippen molar-refractivity contribution in [3.63, 3.8) is 0 Å². The molecule has 0 saturated heterocycles. The third-order valence-electron chi connectivity index (χ3n) is 5.56. The quantitative estimate of drug-likeness (QED) is 0.642. The molecule has 0 N–H and O–H groups in total. The summed E-state index contributed by atoms with van der Waals surface area (Å²) in [6.45, 7) is 1.95. The highest BCUT2D eigenvalue weighted by Crippen LogP contribution is 2.43. The van der Waals surface area contributed by atoms with E-state index in [2.05, 4.69) is 0 Å². The molecule has 26 heavy (non-hydrogen) atoms. The van der Waals surface area contributed by atoms with Crippen LogP contribution in [0.1, 0.15) is 35.7 Å². The lowest BCUT2D eigenvalue weighted by Gasteiger charge is -2.23. The molecular weight excluding hydrogens is 322 g/mol. The van der Waals surface area contributed by atoms with Crippen molar-refractivity contribution < 1.29 is 9.59 Å². The first-order valence-corrected chi connectivity index (χ1v) is 8.90. The van der Waals surface area contributed by atoms with Crippen molar-refractivity contribution in [2.24, 2.45) is 0 Å². The van der Waals surface area contributed by atoms with Crippen LogP contribution in [0, 0.1) is 0 Å². The van der Waals surface area contributed by atoms with Crippen LogP contribution in [0.3, 0.4) is 0 Å². The van der Waals surface area contributed by atoms with Crippen molar-refractivity contribution in [1.29, 1.82) is 0 Å². The maximum Gasteiger partial charge on any atom is 0.237 e. The van der Waals surface area contributed by atoms with Crippen LogP contribution >= 0.6 is 0 Å². The van der Waals surface area contributed by atoms with Crippen LogP contribution in [0.4, 0.5) is 5.69 Å². The van der Waals surface area contributed by atoms with Gasteiger partial charge in [0, 0.05) is 24.7 Å². The van der Waals surface area contributed by atoms with E-state index in [-0.39, 0.29) is 11.7 Å². The molecule has 1 heterocycles. The summed E-state index contributed by atoms with van der Waals surface area (Å²) in [6.07, 6.45) is 0.863. The molecule has 0 saturated carbocycles. The molecule has 1 aliphatic rings. The van der Waals surface area contributed by atoms with Gasteiger partial charge in [0.2, 0.25) is 5.91 Å². The van der Waals surface area contributed by atoms with Gasteiger partial charge in [0.15, 0.2) is 5.78 Å². The number of hydrogen-bond acceptors (Lipinski definition) is 2. The standard InChI is InChI=1S/C23H21NO2/c1-23(19-9-5-6-10-20(19)24(2)22(23)26)14-13-21(25)18-12-11-16-7-3-4-8-17(16)15-18/h3-12,15H,13-14H2,1-2H3. The van der Waals surface area contributed by atoms with Crippen LogP contribution in [0.2, 0.25) is 0 Å². The predicted molar refractivity (Wildman–Crippen MR) is 105 cm³/mol. The van der Waals surface area contributed by atoms with Crippen molar-refractivity contribution in [3.8, 4) is 0 Å². The first kappa shape index (κ1) is 16.5. The zero-order chi connectivity index (χ0) is 18.3. The highest BCUT2D eigenvalue weighted by atomic mass is 16.2. The molecule has 3 nitrogen and oxygen atoms in total. The van der Waals surface area contributed by atoms with Gasteiger partial charge in [0.25, 0.3) is 0 Å². The number of hydrogen-bond donors (Lipinski definition) is 0. The van der Waals surface area contributed by atoms with Gasteiger partial charge in [-0.2, -0.15) is 0 Å². The Labute approximate surface area is 153 Å². The second-order valence-corrected chi connectivity index (χ2v) is 7.20. The normalized spacial score (nSPS) is 19.0. The fourth-order valence-electron chi connectivity index (χ4n) is 3.94. The molecule has 130 valence electrons. The smallest absolute Gasteiger partial charge is 0.237 e. The molecule has 1 aliphatic heterocycles. The topological polar surface area (TPSA) is 37.4 Å². The number of nitrogens with zero attached hydrogens (tertiary/aromatic N) is 1. The average molecular weight is 343 g/mol. The number of para-hydroxylation sites is 1. The van der Waals surface area contributed by atoms with Gasteiger partial charge in [-0.3, -0.25) is 9.59 Å². The second-order valence-electron chi connectivity index (χ2n) is 7.20. The molecule has 1 atom stereocenters. The third kappa shape index (κ3) is 2.51. The van der Waals surface area contributed by atoms with E-state index >= 15 is 0 Å². The van der Waals surface area contributed by atoms with Crippen molar-refractivity contribution in [2.45, 2.75) is 25.2 Å². The van der Waals surface area contributed by atoms with Gasteiger partial charge < -0.3 is 4.90 Å².